The molecule has 154 valence electrons. The van der Waals surface area contributed by atoms with Crippen LogP contribution >= 0.6 is 0 Å². The summed E-state index contributed by atoms with van der Waals surface area (Å²) >= 11 is 0. The Morgan fingerprint density at radius 1 is 0.897 bits per heavy atom. The van der Waals surface area contributed by atoms with Gasteiger partial charge in [-0.15, -0.1) is 0 Å². The molecule has 0 aromatic heterocycles. The summed E-state index contributed by atoms with van der Waals surface area (Å²) in [5, 5.41) is 0. The van der Waals surface area contributed by atoms with Crippen LogP contribution in [-0.4, -0.2) is 59.2 Å². The molecule has 0 radical (unpaired) electrons. The molecular formula is C23H28N2O4. The molecular weight excluding hydrogens is 368 g/mol. The zero-order chi connectivity index (χ0) is 20.8. The van der Waals surface area contributed by atoms with Crippen molar-refractivity contribution in [1.82, 2.24) is 9.80 Å². The number of hydrogen-bond donors (Lipinski definition) is 0. The van der Waals surface area contributed by atoms with Crippen molar-refractivity contribution in [2.45, 2.75) is 45.6 Å². The number of carbonyl (C=O) groups excluding carboxylic acids is 3. The van der Waals surface area contributed by atoms with Crippen LogP contribution in [0.5, 0.6) is 0 Å². The van der Waals surface area contributed by atoms with E-state index in [4.69, 9.17) is 4.74 Å². The number of ketones is 1. The Balaban J connectivity index is 1.39. The highest BCUT2D eigenvalue weighted by Crippen LogP contribution is 2.46. The normalized spacial score (nSPS) is 26.2. The van der Waals surface area contributed by atoms with Crippen LogP contribution in [-0.2, 0) is 14.3 Å². The second kappa shape index (κ2) is 7.01. The maximum atomic E-state index is 13.2. The van der Waals surface area contributed by atoms with Crippen LogP contribution in [0.4, 0.5) is 0 Å². The van der Waals surface area contributed by atoms with Crippen molar-refractivity contribution in [3.05, 3.63) is 47.2 Å². The van der Waals surface area contributed by atoms with Crippen molar-refractivity contribution >= 4 is 17.6 Å². The van der Waals surface area contributed by atoms with E-state index in [9.17, 15) is 14.4 Å². The molecule has 1 saturated heterocycles. The Bertz CT molecular complexity index is 881. The first-order valence-corrected chi connectivity index (χ1v) is 10.3. The van der Waals surface area contributed by atoms with E-state index < -0.39 is 5.60 Å². The van der Waals surface area contributed by atoms with Crippen LogP contribution in [0.3, 0.4) is 0 Å². The van der Waals surface area contributed by atoms with E-state index >= 15 is 0 Å². The quantitative estimate of drug-likeness (QED) is 0.771. The lowest BCUT2D eigenvalue weighted by Gasteiger charge is -2.38. The summed E-state index contributed by atoms with van der Waals surface area (Å²) in [5.74, 6) is 0.696. The van der Waals surface area contributed by atoms with Gasteiger partial charge in [0.2, 0.25) is 0 Å². The summed E-state index contributed by atoms with van der Waals surface area (Å²) in [5.41, 5.74) is 0.203. The molecule has 3 aliphatic rings. The number of carbonyl (C=O) groups is 3. The van der Waals surface area contributed by atoms with Gasteiger partial charge >= 0.3 is 0 Å². The van der Waals surface area contributed by atoms with E-state index in [0.29, 0.717) is 62.3 Å². The van der Waals surface area contributed by atoms with Crippen molar-refractivity contribution in [2.75, 3.05) is 26.2 Å². The van der Waals surface area contributed by atoms with Gasteiger partial charge in [0.25, 0.3) is 11.8 Å². The topological polar surface area (TPSA) is 66.9 Å². The average Bonchev–Trinajstić information content (AvgIpc) is 3.04. The average molecular weight is 396 g/mol. The fourth-order valence-electron chi connectivity index (χ4n) is 4.57. The van der Waals surface area contributed by atoms with E-state index in [2.05, 4.69) is 13.8 Å². The Morgan fingerprint density at radius 3 is 2.17 bits per heavy atom. The van der Waals surface area contributed by atoms with Gasteiger partial charge in [-0.25, -0.2) is 0 Å². The van der Waals surface area contributed by atoms with Crippen LogP contribution in [0.15, 0.2) is 41.7 Å². The predicted molar refractivity (Wildman–Crippen MR) is 108 cm³/mol. The molecule has 1 aromatic rings. The molecule has 2 amide bonds. The largest absolute Gasteiger partial charge is 0.481 e. The van der Waals surface area contributed by atoms with Gasteiger partial charge in [0.1, 0.15) is 5.76 Å². The fourth-order valence-corrected chi connectivity index (χ4v) is 4.57. The number of benzene rings is 1. The Morgan fingerprint density at radius 2 is 1.52 bits per heavy atom. The van der Waals surface area contributed by atoms with Crippen LogP contribution < -0.4 is 0 Å². The highest BCUT2D eigenvalue weighted by atomic mass is 16.5. The maximum absolute atomic E-state index is 13.2. The number of rotatable bonds is 2. The molecule has 1 fully saturated rings. The molecule has 1 aliphatic carbocycles. The lowest BCUT2D eigenvalue weighted by molar-refractivity contribution is -0.151. The van der Waals surface area contributed by atoms with Crippen LogP contribution in [0.1, 0.15) is 50.4 Å². The molecule has 1 atom stereocenters. The molecule has 0 saturated carbocycles. The molecule has 0 N–H and O–H groups in total. The first-order chi connectivity index (χ1) is 13.7. The Labute approximate surface area is 171 Å². The van der Waals surface area contributed by atoms with Gasteiger partial charge in [0, 0.05) is 56.6 Å². The van der Waals surface area contributed by atoms with Crippen molar-refractivity contribution in [3.63, 3.8) is 0 Å². The third-order valence-electron chi connectivity index (χ3n) is 6.14. The molecule has 4 rings (SSSR count). The number of allylic oxidation sites excluding steroid dienone is 1. The van der Waals surface area contributed by atoms with Gasteiger partial charge in [-0.3, -0.25) is 14.4 Å². The number of piperazine rings is 1. The standard InChI is InChI=1S/C23H28N2O4/c1-22(2)14-18(26)17-13-23(3,29-19(17)15-22)21(28)25-11-9-24(10-12-25)20(27)16-7-5-4-6-8-16/h4-8H,9-15H2,1-3H3. The second-order valence-electron chi connectivity index (χ2n) is 9.30. The Hall–Kier alpha value is -2.63. The lowest BCUT2D eigenvalue weighted by atomic mass is 9.76. The smallest absolute Gasteiger partial charge is 0.266 e. The van der Waals surface area contributed by atoms with E-state index in [1.54, 1.807) is 16.7 Å². The highest BCUT2D eigenvalue weighted by Gasteiger charge is 2.50. The van der Waals surface area contributed by atoms with Crippen molar-refractivity contribution < 1.29 is 19.1 Å². The van der Waals surface area contributed by atoms with Gasteiger partial charge in [-0.1, -0.05) is 32.0 Å². The summed E-state index contributed by atoms with van der Waals surface area (Å²) in [7, 11) is 0. The molecule has 29 heavy (non-hydrogen) atoms. The van der Waals surface area contributed by atoms with E-state index in [0.717, 1.165) is 0 Å². The zero-order valence-electron chi connectivity index (χ0n) is 17.4. The van der Waals surface area contributed by atoms with Gasteiger partial charge in [0.05, 0.1) is 0 Å². The minimum atomic E-state index is -1.02. The number of Topliss-reactive ketones (excluding diaryl/α,β-unsaturated/α-hetero) is 1. The lowest BCUT2D eigenvalue weighted by Crippen LogP contribution is -2.55. The zero-order valence-corrected chi connectivity index (χ0v) is 17.4. The molecule has 2 aliphatic heterocycles. The summed E-state index contributed by atoms with van der Waals surface area (Å²) in [6.07, 6.45) is 1.54. The summed E-state index contributed by atoms with van der Waals surface area (Å²) in [6, 6.07) is 9.20. The minimum absolute atomic E-state index is 0.00835. The summed E-state index contributed by atoms with van der Waals surface area (Å²) in [6.45, 7) is 7.83. The first kappa shape index (κ1) is 19.7. The highest BCUT2D eigenvalue weighted by molar-refractivity contribution is 6.00. The third-order valence-corrected chi connectivity index (χ3v) is 6.14. The number of hydrogen-bond acceptors (Lipinski definition) is 4. The molecule has 1 unspecified atom stereocenters. The Kier molecular flexibility index (Phi) is 4.75. The fraction of sp³-hybridized carbons (Fsp3) is 0.522. The summed E-state index contributed by atoms with van der Waals surface area (Å²) in [4.78, 5) is 41.9. The predicted octanol–water partition coefficient (Wildman–Crippen LogP) is 2.79. The SMILES string of the molecule is CC1(C)CC(=O)C2=C(C1)OC(C)(C(=O)N1CCN(C(=O)c3ccccc3)CC1)C2. The van der Waals surface area contributed by atoms with Gasteiger partial charge in [0.15, 0.2) is 11.4 Å². The van der Waals surface area contributed by atoms with Gasteiger partial charge in [-0.2, -0.15) is 0 Å². The van der Waals surface area contributed by atoms with Crippen LogP contribution in [0.25, 0.3) is 0 Å². The van der Waals surface area contributed by atoms with Crippen molar-refractivity contribution in [1.29, 1.82) is 0 Å². The molecule has 0 bridgehead atoms. The van der Waals surface area contributed by atoms with Gasteiger partial charge in [-0.05, 0) is 24.5 Å². The minimum Gasteiger partial charge on any atom is -0.481 e. The van der Waals surface area contributed by atoms with E-state index in [1.165, 1.54) is 0 Å². The molecule has 6 nitrogen and oxygen atoms in total. The molecule has 6 heteroatoms. The number of amides is 2. The van der Waals surface area contributed by atoms with E-state index in [-0.39, 0.29) is 23.0 Å². The molecule has 1 aromatic carbocycles. The van der Waals surface area contributed by atoms with Crippen molar-refractivity contribution in [3.8, 4) is 0 Å². The number of nitrogens with zero attached hydrogens (tertiary/aromatic N) is 2. The maximum Gasteiger partial charge on any atom is 0.266 e. The van der Waals surface area contributed by atoms with Crippen LogP contribution in [0.2, 0.25) is 0 Å². The van der Waals surface area contributed by atoms with Crippen molar-refractivity contribution in [2.24, 2.45) is 5.41 Å². The summed E-state index contributed by atoms with van der Waals surface area (Å²) < 4.78 is 6.10. The van der Waals surface area contributed by atoms with Crippen LogP contribution in [0, 0.1) is 5.41 Å². The monoisotopic (exact) mass is 396 g/mol. The van der Waals surface area contributed by atoms with E-state index in [1.807, 2.05) is 30.3 Å². The second-order valence-corrected chi connectivity index (χ2v) is 9.30. The third kappa shape index (κ3) is 3.68. The van der Waals surface area contributed by atoms with Gasteiger partial charge < -0.3 is 14.5 Å². The molecule has 2 heterocycles. The first-order valence-electron chi connectivity index (χ1n) is 10.3. The number of ether oxygens (including phenoxy) is 1. The molecule has 0 spiro atoms.